The zero-order valence-electron chi connectivity index (χ0n) is 15.6. The largest absolute Gasteiger partial charge is 0.379 e. The van der Waals surface area contributed by atoms with Crippen LogP contribution in [0.15, 0.2) is 47.4 Å². The van der Waals surface area contributed by atoms with Crippen molar-refractivity contribution >= 4 is 21.5 Å². The van der Waals surface area contributed by atoms with E-state index >= 15 is 0 Å². The number of Topliss-reactive ketones (excluding diaryl/α,β-unsaturated/α-hetero) is 1. The van der Waals surface area contributed by atoms with Crippen molar-refractivity contribution in [3.8, 4) is 0 Å². The molecule has 7 heteroatoms. The molecule has 6 nitrogen and oxygen atoms in total. The van der Waals surface area contributed by atoms with Gasteiger partial charge in [0.05, 0.1) is 24.7 Å². The van der Waals surface area contributed by atoms with Crippen LogP contribution in [0.3, 0.4) is 0 Å². The van der Waals surface area contributed by atoms with Crippen molar-refractivity contribution in [2.24, 2.45) is 0 Å². The second-order valence-corrected chi connectivity index (χ2v) is 8.50. The molecule has 27 heavy (non-hydrogen) atoms. The van der Waals surface area contributed by atoms with Gasteiger partial charge in [-0.05, 0) is 55.3 Å². The van der Waals surface area contributed by atoms with Crippen LogP contribution in [0, 0.1) is 13.8 Å². The topological polar surface area (TPSA) is 75.7 Å². The Kier molecular flexibility index (Phi) is 5.94. The third-order valence-corrected chi connectivity index (χ3v) is 6.74. The van der Waals surface area contributed by atoms with Gasteiger partial charge in [-0.25, -0.2) is 8.42 Å². The Morgan fingerprint density at radius 3 is 2.41 bits per heavy atom. The molecule has 1 heterocycles. The molecule has 1 fully saturated rings. The number of carbonyl (C=O) groups is 1. The van der Waals surface area contributed by atoms with Crippen molar-refractivity contribution in [1.82, 2.24) is 4.31 Å². The minimum absolute atomic E-state index is 0.0915. The van der Waals surface area contributed by atoms with Crippen molar-refractivity contribution in [3.05, 3.63) is 59.2 Å². The number of nitrogens with one attached hydrogen (secondary N) is 1. The van der Waals surface area contributed by atoms with E-state index in [4.69, 9.17) is 4.74 Å². The quantitative estimate of drug-likeness (QED) is 0.770. The predicted molar refractivity (Wildman–Crippen MR) is 105 cm³/mol. The third-order valence-electron chi connectivity index (χ3n) is 4.83. The number of anilines is 1. The van der Waals surface area contributed by atoms with Gasteiger partial charge in [0.25, 0.3) is 0 Å². The summed E-state index contributed by atoms with van der Waals surface area (Å²) in [5, 5.41) is 3.16. The van der Waals surface area contributed by atoms with Crippen LogP contribution in [-0.2, 0) is 14.8 Å². The summed E-state index contributed by atoms with van der Waals surface area (Å²) in [6.45, 7) is 5.69. The van der Waals surface area contributed by atoms with E-state index in [1.165, 1.54) is 16.4 Å². The fourth-order valence-electron chi connectivity index (χ4n) is 2.97. The number of nitrogens with zero attached hydrogens (tertiary/aromatic N) is 1. The lowest BCUT2D eigenvalue weighted by atomic mass is 10.1. The van der Waals surface area contributed by atoms with Gasteiger partial charge in [0.2, 0.25) is 10.0 Å². The Morgan fingerprint density at radius 2 is 1.74 bits per heavy atom. The second-order valence-electron chi connectivity index (χ2n) is 6.57. The van der Waals surface area contributed by atoms with Gasteiger partial charge in [-0.1, -0.05) is 12.1 Å². The minimum Gasteiger partial charge on any atom is -0.379 e. The molecule has 0 amide bonds. The summed E-state index contributed by atoms with van der Waals surface area (Å²) in [5.74, 6) is -0.0915. The summed E-state index contributed by atoms with van der Waals surface area (Å²) in [7, 11) is -3.54. The van der Waals surface area contributed by atoms with Crippen LogP contribution < -0.4 is 5.32 Å². The van der Waals surface area contributed by atoms with Gasteiger partial charge < -0.3 is 10.1 Å². The molecule has 0 saturated carbocycles. The Hall–Kier alpha value is -2.22. The number of rotatable bonds is 6. The van der Waals surface area contributed by atoms with E-state index in [1.54, 1.807) is 12.1 Å². The van der Waals surface area contributed by atoms with E-state index in [9.17, 15) is 13.2 Å². The Morgan fingerprint density at radius 1 is 1.07 bits per heavy atom. The van der Waals surface area contributed by atoms with Crippen LogP contribution in [0.5, 0.6) is 0 Å². The Labute approximate surface area is 160 Å². The number of benzene rings is 2. The number of hydrogen-bond donors (Lipinski definition) is 1. The maximum atomic E-state index is 12.6. The third kappa shape index (κ3) is 4.37. The molecular weight excluding hydrogens is 364 g/mol. The van der Waals surface area contributed by atoms with Crippen molar-refractivity contribution in [2.45, 2.75) is 18.7 Å². The van der Waals surface area contributed by atoms with Gasteiger partial charge >= 0.3 is 0 Å². The molecule has 3 rings (SSSR count). The van der Waals surface area contributed by atoms with E-state index in [2.05, 4.69) is 5.32 Å². The highest BCUT2D eigenvalue weighted by Crippen LogP contribution is 2.19. The lowest BCUT2D eigenvalue weighted by molar-refractivity contribution is 0.0730. The van der Waals surface area contributed by atoms with E-state index in [1.807, 2.05) is 32.0 Å². The SMILES string of the molecule is Cc1cccc(NCC(=O)c2ccc(S(=O)(=O)N3CCOCC3)cc2)c1C. The summed E-state index contributed by atoms with van der Waals surface area (Å²) in [5.41, 5.74) is 3.67. The first kappa shape index (κ1) is 19.5. The zero-order valence-corrected chi connectivity index (χ0v) is 16.4. The molecule has 0 spiro atoms. The lowest BCUT2D eigenvalue weighted by Gasteiger charge is -2.26. The molecule has 0 bridgehead atoms. The lowest BCUT2D eigenvalue weighted by Crippen LogP contribution is -2.40. The number of ether oxygens (including phenoxy) is 1. The molecule has 144 valence electrons. The molecule has 1 saturated heterocycles. The monoisotopic (exact) mass is 388 g/mol. The summed E-state index contributed by atoms with van der Waals surface area (Å²) in [4.78, 5) is 12.6. The molecule has 1 N–H and O–H groups in total. The molecule has 1 aliphatic heterocycles. The van der Waals surface area contributed by atoms with Crippen molar-refractivity contribution in [2.75, 3.05) is 38.2 Å². The number of ketones is 1. The van der Waals surface area contributed by atoms with Gasteiger partial charge in [0.1, 0.15) is 0 Å². The highest BCUT2D eigenvalue weighted by atomic mass is 32.2. The van der Waals surface area contributed by atoms with E-state index in [0.29, 0.717) is 31.9 Å². The summed E-state index contributed by atoms with van der Waals surface area (Å²) in [6.07, 6.45) is 0. The molecule has 2 aromatic carbocycles. The van der Waals surface area contributed by atoms with Crippen molar-refractivity contribution in [1.29, 1.82) is 0 Å². The number of morpholine rings is 1. The first-order valence-corrected chi connectivity index (χ1v) is 10.3. The average Bonchev–Trinajstić information content (AvgIpc) is 2.69. The predicted octanol–water partition coefficient (Wildman–Crippen LogP) is 2.62. The highest BCUT2D eigenvalue weighted by molar-refractivity contribution is 7.89. The van der Waals surface area contributed by atoms with E-state index in [0.717, 1.165) is 16.8 Å². The van der Waals surface area contributed by atoms with Crippen LogP contribution in [0.1, 0.15) is 21.5 Å². The Balaban J connectivity index is 1.67. The Bertz CT molecular complexity index is 917. The first-order chi connectivity index (χ1) is 12.9. The molecule has 2 aromatic rings. The molecule has 0 aromatic heterocycles. The molecule has 0 unspecified atom stereocenters. The van der Waals surface area contributed by atoms with Gasteiger partial charge in [-0.2, -0.15) is 4.31 Å². The smallest absolute Gasteiger partial charge is 0.243 e. The van der Waals surface area contributed by atoms with Crippen molar-refractivity contribution in [3.63, 3.8) is 0 Å². The minimum atomic E-state index is -3.54. The van der Waals surface area contributed by atoms with Gasteiger partial charge in [-0.15, -0.1) is 0 Å². The molecule has 1 aliphatic rings. The van der Waals surface area contributed by atoms with Crippen LogP contribution >= 0.6 is 0 Å². The van der Waals surface area contributed by atoms with Crippen LogP contribution in [0.25, 0.3) is 0 Å². The summed E-state index contributed by atoms with van der Waals surface area (Å²) in [6, 6.07) is 12.0. The molecule has 0 radical (unpaired) electrons. The average molecular weight is 388 g/mol. The first-order valence-electron chi connectivity index (χ1n) is 8.91. The summed E-state index contributed by atoms with van der Waals surface area (Å²) >= 11 is 0. The molecular formula is C20H24N2O4S. The van der Waals surface area contributed by atoms with Crippen LogP contribution in [0.4, 0.5) is 5.69 Å². The molecule has 0 aliphatic carbocycles. The standard InChI is InChI=1S/C20H24N2O4S/c1-15-4-3-5-19(16(15)2)21-14-20(23)17-6-8-18(9-7-17)27(24,25)22-10-12-26-13-11-22/h3-9,21H,10-14H2,1-2H3. The van der Waals surface area contributed by atoms with Crippen LogP contribution in [0.2, 0.25) is 0 Å². The van der Waals surface area contributed by atoms with Gasteiger partial charge in [0, 0.05) is 24.3 Å². The highest BCUT2D eigenvalue weighted by Gasteiger charge is 2.26. The van der Waals surface area contributed by atoms with E-state index < -0.39 is 10.0 Å². The fourth-order valence-corrected chi connectivity index (χ4v) is 4.38. The number of sulfonamides is 1. The number of aryl methyl sites for hydroxylation is 1. The van der Waals surface area contributed by atoms with Gasteiger partial charge in [-0.3, -0.25) is 4.79 Å². The number of carbonyl (C=O) groups excluding carboxylic acids is 1. The summed E-state index contributed by atoms with van der Waals surface area (Å²) < 4.78 is 31.9. The maximum Gasteiger partial charge on any atom is 0.243 e. The van der Waals surface area contributed by atoms with Crippen molar-refractivity contribution < 1.29 is 17.9 Å². The van der Waals surface area contributed by atoms with Crippen LogP contribution in [-0.4, -0.2) is 51.4 Å². The normalized spacial score (nSPS) is 15.5. The fraction of sp³-hybridized carbons (Fsp3) is 0.350. The van der Waals surface area contributed by atoms with E-state index in [-0.39, 0.29) is 17.2 Å². The zero-order chi connectivity index (χ0) is 19.4. The van der Waals surface area contributed by atoms with Gasteiger partial charge in [0.15, 0.2) is 5.78 Å². The molecule has 0 atom stereocenters. The number of hydrogen-bond acceptors (Lipinski definition) is 5. The maximum absolute atomic E-state index is 12.6. The second kappa shape index (κ2) is 8.21.